The molecule has 0 fully saturated rings. The number of benzene rings is 2. The third kappa shape index (κ3) is 5.90. The predicted molar refractivity (Wildman–Crippen MR) is 114 cm³/mol. The van der Waals surface area contributed by atoms with Gasteiger partial charge in [0.05, 0.1) is 0 Å². The van der Waals surface area contributed by atoms with Gasteiger partial charge >= 0.3 is 26.2 Å². The van der Waals surface area contributed by atoms with Crippen molar-refractivity contribution in [3.8, 4) is 0 Å². The van der Waals surface area contributed by atoms with Crippen molar-refractivity contribution >= 4 is 10.8 Å². The monoisotopic (exact) mass is 502 g/mol. The van der Waals surface area contributed by atoms with Gasteiger partial charge in [0.1, 0.15) is 0 Å². The van der Waals surface area contributed by atoms with Gasteiger partial charge in [-0.25, -0.2) is 0 Å². The summed E-state index contributed by atoms with van der Waals surface area (Å²) >= 11 is 0. The fourth-order valence-corrected chi connectivity index (χ4v) is 4.08. The smallest absolute Gasteiger partial charge is 1.00 e. The second-order valence-electron chi connectivity index (χ2n) is 7.63. The molecular weight excluding hydrogens is 474 g/mol. The summed E-state index contributed by atoms with van der Waals surface area (Å²) in [6.45, 7) is 13.4. The Balaban J connectivity index is 0.000000496. The second kappa shape index (κ2) is 12.2. The van der Waals surface area contributed by atoms with Crippen LogP contribution in [0.4, 0.5) is 0 Å². The van der Waals surface area contributed by atoms with Crippen LogP contribution in [0.1, 0.15) is 59.2 Å². The molecule has 0 amide bonds. The van der Waals surface area contributed by atoms with Crippen LogP contribution in [-0.2, 0) is 39.0 Å². The van der Waals surface area contributed by atoms with Gasteiger partial charge in [0.25, 0.3) is 0 Å². The van der Waals surface area contributed by atoms with Gasteiger partial charge in [-0.2, -0.15) is 39.5 Å². The molecule has 0 heterocycles. The molecule has 0 unspecified atom stereocenters. The standard InChI is InChI=1S/C14H11.C12H19.2ClH.Zr/c1-10-8-12-7-6-11-4-2-3-5-13(11)14(12)9-10;1-6-7-12-10(4)8(2)9(3)11(12)5;;;/h2-7H,8H2,1H3;6-7H2,1-5H3;2*1H;/q2*-1;;;+4/p-2. The van der Waals surface area contributed by atoms with Crippen LogP contribution in [0.25, 0.3) is 10.8 Å². The van der Waals surface area contributed by atoms with E-state index in [9.17, 15) is 0 Å². The number of fused-ring (bicyclic) bond motifs is 3. The molecule has 152 valence electrons. The maximum absolute atomic E-state index is 3.46. The van der Waals surface area contributed by atoms with Crippen LogP contribution >= 0.6 is 0 Å². The Labute approximate surface area is 208 Å². The second-order valence-corrected chi connectivity index (χ2v) is 7.63. The molecule has 0 aromatic heterocycles. The van der Waals surface area contributed by atoms with E-state index in [0.717, 1.165) is 6.42 Å². The van der Waals surface area contributed by atoms with E-state index < -0.39 is 0 Å². The molecular formula is C26H30Cl2Zr. The number of hydrogen-bond donors (Lipinski definition) is 0. The van der Waals surface area contributed by atoms with Gasteiger partial charge in [-0.3, -0.25) is 0 Å². The van der Waals surface area contributed by atoms with E-state index in [0.29, 0.717) is 0 Å². The normalized spacial score (nSPS) is 11.3. The molecule has 1 aliphatic rings. The minimum absolute atomic E-state index is 0. The summed E-state index contributed by atoms with van der Waals surface area (Å²) in [6.07, 6.45) is 7.02. The molecule has 0 N–H and O–H groups in total. The Morgan fingerprint density at radius 1 is 0.931 bits per heavy atom. The first-order valence-electron chi connectivity index (χ1n) is 9.76. The Bertz CT molecular complexity index is 955. The van der Waals surface area contributed by atoms with Crippen molar-refractivity contribution in [2.75, 3.05) is 0 Å². The third-order valence-corrected chi connectivity index (χ3v) is 5.90. The number of rotatable bonds is 2. The Morgan fingerprint density at radius 2 is 1.59 bits per heavy atom. The van der Waals surface area contributed by atoms with Crippen LogP contribution in [0, 0.1) is 33.8 Å². The summed E-state index contributed by atoms with van der Waals surface area (Å²) in [5.74, 6) is 0. The van der Waals surface area contributed by atoms with Gasteiger partial charge in [-0.1, -0.05) is 90.5 Å². The van der Waals surface area contributed by atoms with Crippen molar-refractivity contribution in [2.24, 2.45) is 0 Å². The van der Waals surface area contributed by atoms with Crippen molar-refractivity contribution in [1.82, 2.24) is 0 Å². The van der Waals surface area contributed by atoms with E-state index in [1.54, 1.807) is 5.56 Å². The first kappa shape index (κ1) is 28.3. The minimum Gasteiger partial charge on any atom is -1.00 e. The van der Waals surface area contributed by atoms with Gasteiger partial charge < -0.3 is 24.8 Å². The Morgan fingerprint density at radius 3 is 2.17 bits per heavy atom. The van der Waals surface area contributed by atoms with E-state index >= 15 is 0 Å². The zero-order chi connectivity index (χ0) is 18.8. The topological polar surface area (TPSA) is 0 Å². The minimum atomic E-state index is 0. The first-order chi connectivity index (χ1) is 12.4. The third-order valence-electron chi connectivity index (χ3n) is 5.90. The Kier molecular flexibility index (Phi) is 11.9. The SMILES string of the molecule is CC1=[C-]c2c(ccc3ccccc23)C1.CCCc1c(C)c(C)c(C)[c-]1C.[Cl-].[Cl-].[Zr+4]. The van der Waals surface area contributed by atoms with E-state index in [1.807, 2.05) is 0 Å². The quantitative estimate of drug-likeness (QED) is 0.459. The molecule has 3 aromatic rings. The summed E-state index contributed by atoms with van der Waals surface area (Å²) in [5.41, 5.74) is 11.7. The van der Waals surface area contributed by atoms with Gasteiger partial charge in [-0.15, -0.1) is 28.7 Å². The van der Waals surface area contributed by atoms with Crippen molar-refractivity contribution in [3.63, 3.8) is 0 Å². The molecule has 0 atom stereocenters. The summed E-state index contributed by atoms with van der Waals surface area (Å²) in [7, 11) is 0. The molecule has 3 aromatic carbocycles. The van der Waals surface area contributed by atoms with Gasteiger partial charge in [0, 0.05) is 0 Å². The largest absolute Gasteiger partial charge is 4.00 e. The summed E-state index contributed by atoms with van der Waals surface area (Å²) in [5, 5.41) is 2.65. The molecule has 0 radical (unpaired) electrons. The van der Waals surface area contributed by atoms with Crippen molar-refractivity contribution in [2.45, 2.75) is 60.8 Å². The van der Waals surface area contributed by atoms with E-state index in [4.69, 9.17) is 0 Å². The van der Waals surface area contributed by atoms with Crippen LogP contribution < -0.4 is 24.8 Å². The molecule has 1 aliphatic carbocycles. The summed E-state index contributed by atoms with van der Waals surface area (Å²) in [4.78, 5) is 0. The number of hydrogen-bond acceptors (Lipinski definition) is 0. The van der Waals surface area contributed by atoms with Gasteiger partial charge in [0.15, 0.2) is 0 Å². The first-order valence-corrected chi connectivity index (χ1v) is 9.76. The fraction of sp³-hybridized carbons (Fsp3) is 0.346. The maximum atomic E-state index is 3.46. The average Bonchev–Trinajstić information content (AvgIpc) is 3.12. The molecule has 0 saturated heterocycles. The van der Waals surface area contributed by atoms with Crippen LogP contribution in [-0.4, -0.2) is 0 Å². The van der Waals surface area contributed by atoms with E-state index in [-0.39, 0.29) is 51.0 Å². The zero-order valence-electron chi connectivity index (χ0n) is 18.3. The maximum Gasteiger partial charge on any atom is 4.00 e. The molecule has 3 heteroatoms. The number of halogens is 2. The van der Waals surface area contributed by atoms with Crippen LogP contribution in [0.3, 0.4) is 0 Å². The van der Waals surface area contributed by atoms with Crippen LogP contribution in [0.15, 0.2) is 42.0 Å². The Hall–Kier alpha value is -0.747. The van der Waals surface area contributed by atoms with Gasteiger partial charge in [-0.05, 0) is 0 Å². The van der Waals surface area contributed by atoms with E-state index in [1.165, 1.54) is 62.6 Å². The van der Waals surface area contributed by atoms with Crippen LogP contribution in [0.2, 0.25) is 0 Å². The predicted octanol–water partition coefficient (Wildman–Crippen LogP) is 1.09. The van der Waals surface area contributed by atoms with Crippen molar-refractivity contribution in [3.05, 3.63) is 87.0 Å². The summed E-state index contributed by atoms with van der Waals surface area (Å²) in [6, 6.07) is 12.9. The average molecular weight is 505 g/mol. The molecule has 0 nitrogen and oxygen atoms in total. The molecule has 29 heavy (non-hydrogen) atoms. The molecule has 0 spiro atoms. The fourth-order valence-electron chi connectivity index (χ4n) is 4.08. The zero-order valence-corrected chi connectivity index (χ0v) is 22.3. The van der Waals surface area contributed by atoms with E-state index in [2.05, 4.69) is 84.0 Å². The van der Waals surface area contributed by atoms with Gasteiger partial charge in [0.2, 0.25) is 0 Å². The molecule has 0 aliphatic heterocycles. The molecule has 0 saturated carbocycles. The molecule has 4 rings (SSSR count). The number of allylic oxidation sites excluding steroid dienone is 1. The molecule has 0 bridgehead atoms. The summed E-state index contributed by atoms with van der Waals surface area (Å²) < 4.78 is 0. The van der Waals surface area contributed by atoms with Crippen molar-refractivity contribution < 1.29 is 51.0 Å². The van der Waals surface area contributed by atoms with Crippen LogP contribution in [0.5, 0.6) is 0 Å². The van der Waals surface area contributed by atoms with Crippen molar-refractivity contribution in [1.29, 1.82) is 0 Å².